The van der Waals surface area contributed by atoms with Gasteiger partial charge in [0.15, 0.2) is 0 Å². The molecule has 2 amide bonds. The van der Waals surface area contributed by atoms with Crippen molar-refractivity contribution >= 4 is 17.8 Å². The van der Waals surface area contributed by atoms with Gasteiger partial charge in [-0.3, -0.25) is 14.4 Å². The molecule has 0 aromatic carbocycles. The molecule has 0 rings (SSSR count). The second-order valence-corrected chi connectivity index (χ2v) is 8.01. The maximum atomic E-state index is 12.8. The zero-order valence-corrected chi connectivity index (χ0v) is 17.6. The van der Waals surface area contributed by atoms with Crippen molar-refractivity contribution in [1.29, 1.82) is 0 Å². The van der Waals surface area contributed by atoms with E-state index in [4.69, 9.17) is 9.84 Å². The molecule has 0 heterocycles. The van der Waals surface area contributed by atoms with Crippen molar-refractivity contribution < 1.29 is 24.2 Å². The van der Waals surface area contributed by atoms with E-state index in [0.29, 0.717) is 12.8 Å². The van der Waals surface area contributed by atoms with Crippen LogP contribution in [0.15, 0.2) is 25.3 Å². The van der Waals surface area contributed by atoms with Crippen LogP contribution in [0.5, 0.6) is 0 Å². The second kappa shape index (κ2) is 13.1. The van der Waals surface area contributed by atoms with Gasteiger partial charge in [-0.15, -0.1) is 13.2 Å². The van der Waals surface area contributed by atoms with Crippen molar-refractivity contribution in [2.45, 2.75) is 65.5 Å². The Balaban J connectivity index is 4.97. The first-order valence-electron chi connectivity index (χ1n) is 9.63. The summed E-state index contributed by atoms with van der Waals surface area (Å²) in [5, 5.41) is 14.6. The fourth-order valence-corrected chi connectivity index (χ4v) is 2.35. The number of carbonyl (C=O) groups is 3. The minimum absolute atomic E-state index is 0.0157. The summed E-state index contributed by atoms with van der Waals surface area (Å²) < 4.78 is 5.29. The molecule has 0 aliphatic rings. The summed E-state index contributed by atoms with van der Waals surface area (Å²) in [5.74, 6) is -1.55. The van der Waals surface area contributed by atoms with Crippen molar-refractivity contribution in [2.75, 3.05) is 13.2 Å². The highest BCUT2D eigenvalue weighted by Crippen LogP contribution is 2.21. The van der Waals surface area contributed by atoms with Crippen LogP contribution in [0.3, 0.4) is 0 Å². The van der Waals surface area contributed by atoms with Gasteiger partial charge in [-0.05, 0) is 25.2 Å². The van der Waals surface area contributed by atoms with E-state index in [9.17, 15) is 14.4 Å². The average Bonchev–Trinajstić information content (AvgIpc) is 2.61. The number of esters is 1. The molecule has 0 bridgehead atoms. The summed E-state index contributed by atoms with van der Waals surface area (Å²) in [6, 6.07) is -0.781. The highest BCUT2D eigenvalue weighted by Gasteiger charge is 2.30. The number of nitrogens with one attached hydrogen (secondary N) is 2. The van der Waals surface area contributed by atoms with Gasteiger partial charge in [0.25, 0.3) is 0 Å². The Morgan fingerprint density at radius 2 is 1.79 bits per heavy atom. The average molecular weight is 397 g/mol. The number of allylic oxidation sites excluding steroid dienone is 2. The van der Waals surface area contributed by atoms with E-state index in [1.54, 1.807) is 19.1 Å². The summed E-state index contributed by atoms with van der Waals surface area (Å²) in [6.45, 7) is 14.6. The smallest absolute Gasteiger partial charge is 0.306 e. The van der Waals surface area contributed by atoms with Gasteiger partial charge >= 0.3 is 5.97 Å². The van der Waals surface area contributed by atoms with Crippen LogP contribution in [0.25, 0.3) is 0 Å². The molecule has 7 heteroatoms. The fourth-order valence-electron chi connectivity index (χ4n) is 2.35. The number of aliphatic hydroxyl groups excluding tert-OH is 1. The molecule has 0 aromatic heterocycles. The van der Waals surface area contributed by atoms with Gasteiger partial charge in [-0.25, -0.2) is 0 Å². The monoisotopic (exact) mass is 396 g/mol. The number of ether oxygens (including phenoxy) is 1. The van der Waals surface area contributed by atoms with E-state index in [1.165, 1.54) is 0 Å². The second-order valence-electron chi connectivity index (χ2n) is 8.01. The molecule has 0 aromatic rings. The summed E-state index contributed by atoms with van der Waals surface area (Å²) in [7, 11) is 0. The molecule has 7 nitrogen and oxygen atoms in total. The molecule has 0 fully saturated rings. The van der Waals surface area contributed by atoms with Crippen molar-refractivity contribution in [2.24, 2.45) is 11.3 Å². The van der Waals surface area contributed by atoms with Crippen LogP contribution in [-0.4, -0.2) is 48.2 Å². The Labute approximate surface area is 168 Å². The standard InChI is InChI=1S/C21H36N2O5/c1-7-9-11-19(26)28-14-17(21(4,5)6)23-20(27)16(10-8-2)12-18(25)22-15(3)13-24/h7-8,15-17,24H,1-2,9-14H2,3-6H3,(H,22,25)(H,23,27)/t15-,16-,17-/m1/s1. The molecule has 0 aliphatic carbocycles. The third kappa shape index (κ3) is 10.9. The van der Waals surface area contributed by atoms with E-state index >= 15 is 0 Å². The summed E-state index contributed by atoms with van der Waals surface area (Å²) in [4.78, 5) is 36.6. The Kier molecular flexibility index (Phi) is 12.1. The van der Waals surface area contributed by atoms with Crippen LogP contribution in [0.2, 0.25) is 0 Å². The lowest BCUT2D eigenvalue weighted by Gasteiger charge is -2.32. The van der Waals surface area contributed by atoms with Crippen LogP contribution in [0.4, 0.5) is 0 Å². The maximum absolute atomic E-state index is 12.8. The van der Waals surface area contributed by atoms with Crippen LogP contribution < -0.4 is 10.6 Å². The number of carbonyl (C=O) groups excluding carboxylic acids is 3. The van der Waals surface area contributed by atoms with Gasteiger partial charge in [-0.2, -0.15) is 0 Å². The molecule has 0 unspecified atom stereocenters. The zero-order valence-electron chi connectivity index (χ0n) is 17.6. The predicted molar refractivity (Wildman–Crippen MR) is 109 cm³/mol. The lowest BCUT2D eigenvalue weighted by Crippen LogP contribution is -2.49. The van der Waals surface area contributed by atoms with Gasteiger partial charge in [-0.1, -0.05) is 32.9 Å². The van der Waals surface area contributed by atoms with Gasteiger partial charge in [0.05, 0.1) is 18.6 Å². The Morgan fingerprint density at radius 1 is 1.14 bits per heavy atom. The van der Waals surface area contributed by atoms with Gasteiger partial charge in [0, 0.05) is 18.9 Å². The minimum atomic E-state index is -0.593. The summed E-state index contributed by atoms with van der Waals surface area (Å²) in [5.41, 5.74) is -0.346. The molecule has 0 saturated carbocycles. The predicted octanol–water partition coefficient (Wildman–Crippen LogP) is 2.11. The molecule has 3 atom stereocenters. The molecule has 28 heavy (non-hydrogen) atoms. The number of hydrogen-bond donors (Lipinski definition) is 3. The molecule has 0 spiro atoms. The van der Waals surface area contributed by atoms with E-state index in [1.807, 2.05) is 20.8 Å². The Hall–Kier alpha value is -2.15. The van der Waals surface area contributed by atoms with E-state index in [0.717, 1.165) is 0 Å². The molecule has 0 radical (unpaired) electrons. The largest absolute Gasteiger partial charge is 0.463 e. The SMILES string of the molecule is C=CCCC(=O)OC[C@@H](NC(=O)[C@H](CC=C)CC(=O)N[C@H](C)CO)C(C)(C)C. The van der Waals surface area contributed by atoms with Crippen molar-refractivity contribution in [3.63, 3.8) is 0 Å². The maximum Gasteiger partial charge on any atom is 0.306 e. The summed E-state index contributed by atoms with van der Waals surface area (Å²) in [6.07, 6.45) is 4.34. The van der Waals surface area contributed by atoms with Crippen LogP contribution in [0, 0.1) is 11.3 Å². The van der Waals surface area contributed by atoms with E-state index in [2.05, 4.69) is 23.8 Å². The minimum Gasteiger partial charge on any atom is -0.463 e. The van der Waals surface area contributed by atoms with Gasteiger partial charge < -0.3 is 20.5 Å². The first-order chi connectivity index (χ1) is 13.0. The molecular formula is C21H36N2O5. The fraction of sp³-hybridized carbons (Fsp3) is 0.667. The van der Waals surface area contributed by atoms with Crippen molar-refractivity contribution in [3.05, 3.63) is 25.3 Å². The molecule has 0 aliphatic heterocycles. The summed E-state index contributed by atoms with van der Waals surface area (Å²) >= 11 is 0. The number of amides is 2. The topological polar surface area (TPSA) is 105 Å². The third-order valence-electron chi connectivity index (χ3n) is 4.26. The van der Waals surface area contributed by atoms with Crippen LogP contribution >= 0.6 is 0 Å². The van der Waals surface area contributed by atoms with Crippen molar-refractivity contribution in [1.82, 2.24) is 10.6 Å². The number of aliphatic hydroxyl groups is 1. The molecular weight excluding hydrogens is 360 g/mol. The van der Waals surface area contributed by atoms with E-state index in [-0.39, 0.29) is 55.3 Å². The van der Waals surface area contributed by atoms with Crippen LogP contribution in [0.1, 0.15) is 53.4 Å². The highest BCUT2D eigenvalue weighted by molar-refractivity contribution is 5.86. The number of hydrogen-bond acceptors (Lipinski definition) is 5. The van der Waals surface area contributed by atoms with Crippen LogP contribution in [-0.2, 0) is 19.1 Å². The Morgan fingerprint density at radius 3 is 2.29 bits per heavy atom. The Bertz CT molecular complexity index is 539. The normalized spacial score (nSPS) is 14.3. The lowest BCUT2D eigenvalue weighted by atomic mass is 9.86. The zero-order chi connectivity index (χ0) is 21.7. The van der Waals surface area contributed by atoms with Crippen molar-refractivity contribution in [3.8, 4) is 0 Å². The van der Waals surface area contributed by atoms with Gasteiger partial charge in [0.2, 0.25) is 11.8 Å². The highest BCUT2D eigenvalue weighted by atomic mass is 16.5. The quantitative estimate of drug-likeness (QED) is 0.327. The molecule has 3 N–H and O–H groups in total. The first-order valence-corrected chi connectivity index (χ1v) is 9.63. The third-order valence-corrected chi connectivity index (χ3v) is 4.26. The molecule has 160 valence electrons. The molecule has 0 saturated heterocycles. The number of rotatable bonds is 13. The lowest BCUT2D eigenvalue weighted by molar-refractivity contribution is -0.146. The van der Waals surface area contributed by atoms with E-state index < -0.39 is 12.0 Å². The van der Waals surface area contributed by atoms with Gasteiger partial charge in [0.1, 0.15) is 6.61 Å². The first kappa shape index (κ1) is 25.9.